The van der Waals surface area contributed by atoms with Gasteiger partial charge in [0.05, 0.1) is 0 Å². The number of rotatable bonds is 7. The molecule has 0 saturated carbocycles. The van der Waals surface area contributed by atoms with Crippen LogP contribution in [0.1, 0.15) is 58.2 Å². The minimum absolute atomic E-state index is 0.249. The lowest BCUT2D eigenvalue weighted by Crippen LogP contribution is -2.10. The average molecular weight is 238 g/mol. The molecule has 17 heavy (non-hydrogen) atoms. The molecule has 0 spiro atoms. The van der Waals surface area contributed by atoms with E-state index in [4.69, 9.17) is 0 Å². The summed E-state index contributed by atoms with van der Waals surface area (Å²) in [5.74, 6) is 0.808. The predicted octanol–water partition coefficient (Wildman–Crippen LogP) is 3.54. The molecule has 0 aliphatic rings. The first-order chi connectivity index (χ1) is 8.10. The zero-order valence-corrected chi connectivity index (χ0v) is 11.7. The summed E-state index contributed by atoms with van der Waals surface area (Å²) in [6.45, 7) is 9.60. The van der Waals surface area contributed by atoms with Crippen molar-refractivity contribution in [2.75, 3.05) is 0 Å². The molecule has 1 heterocycles. The van der Waals surface area contributed by atoms with Gasteiger partial charge in [-0.15, -0.1) is 5.10 Å². The van der Waals surface area contributed by atoms with Crippen LogP contribution in [0.4, 0.5) is 0 Å². The van der Waals surface area contributed by atoms with Gasteiger partial charge in [-0.25, -0.2) is 0 Å². The molecule has 0 aliphatic carbocycles. The summed E-state index contributed by atoms with van der Waals surface area (Å²) in [4.78, 5) is 0. The molecular weight excluding hydrogens is 212 g/mol. The second kappa shape index (κ2) is 6.67. The molecule has 0 bridgehead atoms. The van der Waals surface area contributed by atoms with E-state index in [1.54, 1.807) is 0 Å². The molecule has 0 fully saturated rings. The molecule has 1 aromatic heterocycles. The molecule has 0 aromatic carbocycles. The lowest BCUT2D eigenvalue weighted by atomic mass is 10.1. The van der Waals surface area contributed by atoms with Crippen LogP contribution in [0.15, 0.2) is 0 Å². The van der Waals surface area contributed by atoms with Crippen LogP contribution in [0.2, 0.25) is 0 Å². The van der Waals surface area contributed by atoms with E-state index >= 15 is 0 Å². The van der Waals surface area contributed by atoms with Crippen molar-refractivity contribution < 1.29 is 5.11 Å². The first kappa shape index (κ1) is 14.1. The molecule has 98 valence electrons. The maximum Gasteiger partial charge on any atom is 0.233 e. The topological polar surface area (TPSA) is 38.1 Å². The molecule has 1 N–H and O–H groups in total. The van der Waals surface area contributed by atoms with Gasteiger partial charge in [0.2, 0.25) is 5.88 Å². The molecule has 0 aliphatic heterocycles. The Bertz CT molecular complexity index is 342. The third-order valence-electron chi connectivity index (χ3n) is 2.95. The smallest absolute Gasteiger partial charge is 0.233 e. The molecule has 1 aromatic rings. The van der Waals surface area contributed by atoms with Crippen LogP contribution in [0.25, 0.3) is 0 Å². The number of unbranched alkanes of at least 4 members (excludes halogenated alkanes) is 1. The molecule has 0 atom stereocenters. The van der Waals surface area contributed by atoms with E-state index in [2.05, 4.69) is 32.8 Å². The lowest BCUT2D eigenvalue weighted by Gasteiger charge is -2.10. The van der Waals surface area contributed by atoms with Crippen LogP contribution >= 0.6 is 0 Å². The Morgan fingerprint density at radius 2 is 1.88 bits per heavy atom. The molecule has 0 amide bonds. The first-order valence-corrected chi connectivity index (χ1v) is 6.87. The van der Waals surface area contributed by atoms with E-state index in [9.17, 15) is 5.11 Å². The Morgan fingerprint density at radius 1 is 1.18 bits per heavy atom. The molecule has 0 radical (unpaired) electrons. The Kier molecular flexibility index (Phi) is 5.52. The number of hydrogen-bond donors (Lipinski definition) is 1. The second-order valence-corrected chi connectivity index (χ2v) is 5.18. The third-order valence-corrected chi connectivity index (χ3v) is 2.95. The molecule has 1 rings (SSSR count). The van der Waals surface area contributed by atoms with Gasteiger partial charge in [0.15, 0.2) is 0 Å². The number of hydrogen-bond acceptors (Lipinski definition) is 2. The highest BCUT2D eigenvalue weighted by Crippen LogP contribution is 2.24. The SMILES string of the molecule is CCCCc1c(CCC)c(O)nn1CC(C)C. The number of aromatic nitrogens is 2. The number of nitrogens with zero attached hydrogens (tertiary/aromatic N) is 2. The van der Waals surface area contributed by atoms with Crippen molar-refractivity contribution in [3.05, 3.63) is 11.3 Å². The summed E-state index contributed by atoms with van der Waals surface area (Å²) in [7, 11) is 0. The van der Waals surface area contributed by atoms with E-state index in [0.29, 0.717) is 5.92 Å². The maximum atomic E-state index is 9.92. The second-order valence-electron chi connectivity index (χ2n) is 5.18. The Balaban J connectivity index is 2.97. The van der Waals surface area contributed by atoms with Crippen LogP contribution in [0, 0.1) is 5.92 Å². The van der Waals surface area contributed by atoms with Gasteiger partial charge in [-0.2, -0.15) is 0 Å². The van der Waals surface area contributed by atoms with Gasteiger partial charge < -0.3 is 5.11 Å². The van der Waals surface area contributed by atoms with Crippen molar-refractivity contribution in [1.29, 1.82) is 0 Å². The molecular formula is C14H26N2O. The minimum Gasteiger partial charge on any atom is -0.492 e. The van der Waals surface area contributed by atoms with Gasteiger partial charge >= 0.3 is 0 Å². The van der Waals surface area contributed by atoms with Crippen molar-refractivity contribution in [2.45, 2.75) is 66.3 Å². The van der Waals surface area contributed by atoms with Gasteiger partial charge in [0.1, 0.15) is 0 Å². The van der Waals surface area contributed by atoms with Gasteiger partial charge in [-0.05, 0) is 25.2 Å². The fourth-order valence-electron chi connectivity index (χ4n) is 2.15. The van der Waals surface area contributed by atoms with Crippen LogP contribution in [0.3, 0.4) is 0 Å². The summed E-state index contributed by atoms with van der Waals surface area (Å²) < 4.78 is 2.01. The zero-order chi connectivity index (χ0) is 12.8. The van der Waals surface area contributed by atoms with Crippen LogP contribution in [-0.2, 0) is 19.4 Å². The predicted molar refractivity (Wildman–Crippen MR) is 71.3 cm³/mol. The molecule has 3 nitrogen and oxygen atoms in total. The highest BCUT2D eigenvalue weighted by atomic mass is 16.3. The Hall–Kier alpha value is -0.990. The highest BCUT2D eigenvalue weighted by molar-refractivity contribution is 5.30. The van der Waals surface area contributed by atoms with Crippen molar-refractivity contribution in [3.63, 3.8) is 0 Å². The summed E-state index contributed by atoms with van der Waals surface area (Å²) >= 11 is 0. The zero-order valence-electron chi connectivity index (χ0n) is 11.7. The first-order valence-electron chi connectivity index (χ1n) is 6.87. The average Bonchev–Trinajstić information content (AvgIpc) is 2.53. The Morgan fingerprint density at radius 3 is 2.41 bits per heavy atom. The molecule has 3 heteroatoms. The van der Waals surface area contributed by atoms with E-state index in [-0.39, 0.29) is 5.88 Å². The highest BCUT2D eigenvalue weighted by Gasteiger charge is 2.16. The van der Waals surface area contributed by atoms with E-state index in [1.165, 1.54) is 18.5 Å². The van der Waals surface area contributed by atoms with Crippen molar-refractivity contribution in [2.24, 2.45) is 5.92 Å². The maximum absolute atomic E-state index is 9.92. The molecule has 0 unspecified atom stereocenters. The Labute approximate surface area is 105 Å². The van der Waals surface area contributed by atoms with Gasteiger partial charge in [0.25, 0.3) is 0 Å². The van der Waals surface area contributed by atoms with Crippen molar-refractivity contribution >= 4 is 0 Å². The largest absolute Gasteiger partial charge is 0.492 e. The summed E-state index contributed by atoms with van der Waals surface area (Å²) in [5, 5.41) is 14.2. The summed E-state index contributed by atoms with van der Waals surface area (Å²) in [5.41, 5.74) is 2.32. The third kappa shape index (κ3) is 3.76. The van der Waals surface area contributed by atoms with Gasteiger partial charge in [0, 0.05) is 17.8 Å². The minimum atomic E-state index is 0.249. The number of aromatic hydroxyl groups is 1. The van der Waals surface area contributed by atoms with Crippen LogP contribution < -0.4 is 0 Å². The quantitative estimate of drug-likeness (QED) is 0.789. The van der Waals surface area contributed by atoms with E-state index < -0.39 is 0 Å². The fraction of sp³-hybridized carbons (Fsp3) is 0.786. The van der Waals surface area contributed by atoms with Crippen LogP contribution in [0.5, 0.6) is 5.88 Å². The monoisotopic (exact) mass is 238 g/mol. The summed E-state index contributed by atoms with van der Waals surface area (Å²) in [6.07, 6.45) is 5.37. The van der Waals surface area contributed by atoms with E-state index in [1.807, 2.05) is 4.68 Å². The van der Waals surface area contributed by atoms with Crippen molar-refractivity contribution in [3.8, 4) is 5.88 Å². The van der Waals surface area contributed by atoms with Gasteiger partial charge in [-0.3, -0.25) is 4.68 Å². The fourth-order valence-corrected chi connectivity index (χ4v) is 2.15. The normalized spacial score (nSPS) is 11.4. The van der Waals surface area contributed by atoms with Crippen LogP contribution in [-0.4, -0.2) is 14.9 Å². The summed E-state index contributed by atoms with van der Waals surface area (Å²) in [6, 6.07) is 0. The lowest BCUT2D eigenvalue weighted by molar-refractivity contribution is 0.414. The van der Waals surface area contributed by atoms with Crippen molar-refractivity contribution in [1.82, 2.24) is 9.78 Å². The van der Waals surface area contributed by atoms with Gasteiger partial charge in [-0.1, -0.05) is 40.5 Å². The van der Waals surface area contributed by atoms with E-state index in [0.717, 1.165) is 31.4 Å². The molecule has 0 saturated heterocycles. The standard InChI is InChI=1S/C14H26N2O/c1-5-7-9-13-12(8-6-2)14(17)15-16(13)10-11(3)4/h11H,5-10H2,1-4H3,(H,15,17).